The number of urea groups is 1. The molecule has 1 aromatic heterocycles. The first-order chi connectivity index (χ1) is 38.4. The zero-order valence-corrected chi connectivity index (χ0v) is 47.0. The van der Waals surface area contributed by atoms with Gasteiger partial charge in [0.15, 0.2) is 0 Å². The quantitative estimate of drug-likeness (QED) is 0.0408. The number of alkyl carbamates (subject to hydrolysis) is 1. The number of amides is 8. The van der Waals surface area contributed by atoms with E-state index in [1.165, 1.54) is 17.8 Å². The fourth-order valence-corrected chi connectivity index (χ4v) is 9.95. The first-order valence-corrected chi connectivity index (χ1v) is 28.4. The Morgan fingerprint density at radius 3 is 2.35 bits per heavy atom. The third-order valence-electron chi connectivity index (χ3n) is 13.6. The van der Waals surface area contributed by atoms with Gasteiger partial charge in [-0.05, 0) is 92.8 Å². The van der Waals surface area contributed by atoms with Crippen LogP contribution in [0.4, 0.5) is 28.4 Å². The van der Waals surface area contributed by atoms with Gasteiger partial charge in [0.05, 0.1) is 24.0 Å². The van der Waals surface area contributed by atoms with Crippen LogP contribution in [0.25, 0.3) is 11.3 Å². The van der Waals surface area contributed by atoms with Gasteiger partial charge in [0.1, 0.15) is 36.3 Å². The van der Waals surface area contributed by atoms with Crippen molar-refractivity contribution in [1.82, 2.24) is 45.9 Å². The average molecular weight is 1140 g/mol. The van der Waals surface area contributed by atoms with Crippen molar-refractivity contribution in [2.75, 3.05) is 75.8 Å². The number of nitrogens with one attached hydrogen (secondary N) is 6. The zero-order valence-electron chi connectivity index (χ0n) is 46.2. The minimum absolute atomic E-state index is 0.00294. The van der Waals surface area contributed by atoms with Crippen molar-refractivity contribution >= 4 is 59.1 Å². The van der Waals surface area contributed by atoms with Crippen LogP contribution in [0.5, 0.6) is 0 Å². The van der Waals surface area contributed by atoms with Crippen molar-refractivity contribution < 1.29 is 56.2 Å². The fourth-order valence-electron chi connectivity index (χ4n) is 9.22. The van der Waals surface area contributed by atoms with Crippen LogP contribution in [0.3, 0.4) is 0 Å². The molecule has 6 rings (SSSR count). The Hall–Kier alpha value is -6.92. The number of thioether (sulfide) groups is 1. The molecule has 80 heavy (non-hydrogen) atoms. The Morgan fingerprint density at radius 2 is 1.71 bits per heavy atom. The molecule has 20 nitrogen and oxygen atoms in total. The number of carbonyl (C=O) groups excluding carboxylic acids is 7. The molecule has 3 aliphatic heterocycles. The molecule has 3 aromatic rings. The number of aromatic nitrogens is 2. The molecule has 8 amide bonds. The van der Waals surface area contributed by atoms with Crippen LogP contribution in [0.15, 0.2) is 73.1 Å². The second-order valence-electron chi connectivity index (χ2n) is 20.0. The molecule has 0 radical (unpaired) electrons. The molecule has 2 aromatic carbocycles. The van der Waals surface area contributed by atoms with E-state index >= 15 is 8.78 Å². The lowest BCUT2D eigenvalue weighted by molar-refractivity contribution is -0.134. The summed E-state index contributed by atoms with van der Waals surface area (Å²) in [6.07, 6.45) is 7.37. The number of primary amides is 1. The molecule has 2 fully saturated rings. The molecule has 3 aliphatic rings. The molecule has 2 saturated heterocycles. The predicted octanol–water partition coefficient (Wildman–Crippen LogP) is 6.09. The lowest BCUT2D eigenvalue weighted by atomic mass is 9.89. The molecular formula is C56H78F3N11O9S. The minimum Gasteiger partial charge on any atom is -0.445 e. The summed E-state index contributed by atoms with van der Waals surface area (Å²) in [5.41, 5.74) is 6.71. The van der Waals surface area contributed by atoms with Crippen LogP contribution in [-0.4, -0.2) is 144 Å². The minimum atomic E-state index is -1.16. The Morgan fingerprint density at radius 1 is 0.963 bits per heavy atom. The number of ether oxygens (including phenoxy) is 2. The van der Waals surface area contributed by atoms with Gasteiger partial charge in [-0.2, -0.15) is 11.8 Å². The van der Waals surface area contributed by atoms with Gasteiger partial charge >= 0.3 is 12.1 Å². The standard InChI is InChI=1S/C52H68F3N9O8S.C4H10N2O/c1-5-62-30-43(40-25-38(53)13-16-41(40)54)60-50(62)49(36-18-22-71-23-19-36)64(29-37-26-56-27-42(37)55)47(68)32-73-24-20-57-52(70)72-31-35-11-14-39(15-12-35)59-45(66)28-58-51(69)48(33(2)3)61-44(65)9-7-6-8-21-63-34(4)10-17-46(63)67;1-2-3-6-4(5)7/h10-17,25,30,33,36-37,42,48-49,56H,4-9,18-24,26-29,31-32H2,1-3H3,(H,57,70)(H,58,69)(H,59,66)(H,61,65);2-3H2,1H3,(H3,5,6,7). The highest BCUT2D eigenvalue weighted by atomic mass is 32.2. The van der Waals surface area contributed by atoms with Gasteiger partial charge in [-0.25, -0.2) is 27.7 Å². The Kier molecular flexibility index (Phi) is 26.3. The molecule has 4 heterocycles. The Bertz CT molecular complexity index is 2580. The highest BCUT2D eigenvalue weighted by Crippen LogP contribution is 2.38. The number of allylic oxidation sites excluding steroid dienone is 1. The van der Waals surface area contributed by atoms with Gasteiger partial charge in [-0.3, -0.25) is 24.0 Å². The highest BCUT2D eigenvalue weighted by molar-refractivity contribution is 7.99. The molecule has 8 N–H and O–H groups in total. The van der Waals surface area contributed by atoms with Crippen molar-refractivity contribution in [3.63, 3.8) is 0 Å². The Labute approximate surface area is 470 Å². The van der Waals surface area contributed by atoms with E-state index in [2.05, 4.69) is 38.5 Å². The second-order valence-corrected chi connectivity index (χ2v) is 21.1. The van der Waals surface area contributed by atoms with Crippen LogP contribution >= 0.6 is 11.8 Å². The molecule has 0 spiro atoms. The van der Waals surface area contributed by atoms with E-state index in [4.69, 9.17) is 20.2 Å². The second kappa shape index (κ2) is 33.0. The van der Waals surface area contributed by atoms with Gasteiger partial charge in [-0.15, -0.1) is 0 Å². The van der Waals surface area contributed by atoms with E-state index in [0.29, 0.717) is 93.6 Å². The van der Waals surface area contributed by atoms with Crippen molar-refractivity contribution in [2.45, 2.75) is 104 Å². The number of carbonyl (C=O) groups is 7. The number of alkyl halides is 1. The van der Waals surface area contributed by atoms with Crippen molar-refractivity contribution in [3.05, 3.63) is 96.1 Å². The summed E-state index contributed by atoms with van der Waals surface area (Å²) in [5, 5.41) is 16.3. The number of unbranched alkanes of at least 4 members (excludes halogenated alkanes) is 2. The van der Waals surface area contributed by atoms with Gasteiger partial charge < -0.3 is 61.5 Å². The number of anilines is 1. The summed E-state index contributed by atoms with van der Waals surface area (Å²) in [7, 11) is 0. The van der Waals surface area contributed by atoms with E-state index in [1.54, 1.807) is 60.2 Å². The summed E-state index contributed by atoms with van der Waals surface area (Å²) >= 11 is 1.30. The molecule has 24 heteroatoms. The van der Waals surface area contributed by atoms with Crippen LogP contribution in [0.2, 0.25) is 0 Å². The van der Waals surface area contributed by atoms with E-state index < -0.39 is 59.7 Å². The first kappa shape index (κ1) is 63.9. The Balaban J connectivity index is 0.00000157. The fraction of sp³-hybridized carbons (Fsp3) is 0.536. The van der Waals surface area contributed by atoms with E-state index in [9.17, 15) is 38.0 Å². The average Bonchev–Trinajstić information content (AvgIpc) is 4.24. The van der Waals surface area contributed by atoms with Gasteiger partial charge in [0.25, 0.3) is 5.91 Å². The third kappa shape index (κ3) is 20.3. The molecular weight excluding hydrogens is 1060 g/mol. The monoisotopic (exact) mass is 1140 g/mol. The number of halogens is 3. The summed E-state index contributed by atoms with van der Waals surface area (Å²) in [5.74, 6) is -2.73. The van der Waals surface area contributed by atoms with Gasteiger partial charge in [0, 0.05) is 106 Å². The lowest BCUT2D eigenvalue weighted by Crippen LogP contribution is -2.51. The number of aryl methyl sites for hydroxylation is 1. The summed E-state index contributed by atoms with van der Waals surface area (Å²) in [4.78, 5) is 95.2. The molecule has 0 aliphatic carbocycles. The lowest BCUT2D eigenvalue weighted by Gasteiger charge is -2.40. The summed E-state index contributed by atoms with van der Waals surface area (Å²) < 4.78 is 57.4. The van der Waals surface area contributed by atoms with Crippen LogP contribution in [-0.2, 0) is 46.6 Å². The number of rotatable bonds is 28. The highest BCUT2D eigenvalue weighted by Gasteiger charge is 2.40. The van der Waals surface area contributed by atoms with Gasteiger partial charge in [0.2, 0.25) is 23.6 Å². The number of hydrogen-bond acceptors (Lipinski definition) is 12. The number of imidazole rings is 1. The SMILES string of the molecule is C=C1C=CC(=O)N1CCCCCC(=O)NC(C(=O)NCC(=O)Nc1ccc(COC(=O)NCCSCC(=O)N(CC2CNCC2F)C(c2nc(-c3cc(F)ccc3F)cn2CC)C2CCOCC2)cc1)C(C)C.CCCNC(N)=O. The maximum Gasteiger partial charge on any atom is 0.407 e. The number of nitrogens with zero attached hydrogens (tertiary/aromatic N) is 4. The molecule has 4 unspecified atom stereocenters. The third-order valence-corrected chi connectivity index (χ3v) is 14.5. The maximum atomic E-state index is 15.2. The van der Waals surface area contributed by atoms with E-state index in [-0.39, 0.29) is 85.8 Å². The van der Waals surface area contributed by atoms with E-state index in [0.717, 1.165) is 31.0 Å². The van der Waals surface area contributed by atoms with Crippen molar-refractivity contribution in [3.8, 4) is 11.3 Å². The summed E-state index contributed by atoms with van der Waals surface area (Å²) in [6.45, 7) is 14.4. The number of nitrogens with two attached hydrogens (primary N) is 1. The van der Waals surface area contributed by atoms with Crippen molar-refractivity contribution in [2.24, 2.45) is 23.5 Å². The number of benzene rings is 2. The number of hydrogen-bond donors (Lipinski definition) is 7. The smallest absolute Gasteiger partial charge is 0.407 e. The summed E-state index contributed by atoms with van der Waals surface area (Å²) in [6, 6.07) is 7.92. The topological polar surface area (TPSA) is 260 Å². The largest absolute Gasteiger partial charge is 0.445 e. The van der Waals surface area contributed by atoms with E-state index in [1.807, 2.05) is 18.4 Å². The van der Waals surface area contributed by atoms with Crippen LogP contribution < -0.4 is 37.6 Å². The maximum absolute atomic E-state index is 15.2. The molecule has 0 bridgehead atoms. The van der Waals surface area contributed by atoms with Crippen molar-refractivity contribution in [1.29, 1.82) is 0 Å². The van der Waals surface area contributed by atoms with Gasteiger partial charge in [-0.1, -0.05) is 45.9 Å². The first-order valence-electron chi connectivity index (χ1n) is 27.3. The molecule has 438 valence electrons. The zero-order chi connectivity index (χ0) is 58.1. The predicted molar refractivity (Wildman–Crippen MR) is 299 cm³/mol. The van der Waals surface area contributed by atoms with Crippen LogP contribution in [0.1, 0.15) is 90.1 Å². The molecule has 4 atom stereocenters. The van der Waals surface area contributed by atoms with Crippen LogP contribution in [0, 0.1) is 29.4 Å². The molecule has 0 saturated carbocycles. The normalized spacial score (nSPS) is 16.8.